The van der Waals surface area contributed by atoms with Crippen LogP contribution in [0.4, 0.5) is 0 Å². The average Bonchev–Trinajstić information content (AvgIpc) is 2.87. The standard InChI is InChI=1S/C11H14O6/c1-2-3-4-7-15-5-6(16-7)10-8(12)9(13)11(14)17-10/h2,6-7,10,12-13H,1,3-5H2. The van der Waals surface area contributed by atoms with Crippen LogP contribution in [0.2, 0.25) is 0 Å². The number of aliphatic hydroxyl groups is 2. The van der Waals surface area contributed by atoms with Crippen LogP contribution >= 0.6 is 0 Å². The second-order valence-corrected chi connectivity index (χ2v) is 3.86. The van der Waals surface area contributed by atoms with Crippen molar-refractivity contribution in [1.82, 2.24) is 0 Å². The Balaban J connectivity index is 1.93. The Bertz CT molecular complexity index is 361. The number of rotatable bonds is 4. The molecule has 2 heterocycles. The molecule has 94 valence electrons. The van der Waals surface area contributed by atoms with E-state index >= 15 is 0 Å². The fraction of sp³-hybridized carbons (Fsp3) is 0.545. The van der Waals surface area contributed by atoms with Gasteiger partial charge in [0, 0.05) is 6.42 Å². The summed E-state index contributed by atoms with van der Waals surface area (Å²) in [6, 6.07) is 0. The predicted molar refractivity (Wildman–Crippen MR) is 56.2 cm³/mol. The molecular formula is C11H14O6. The highest BCUT2D eigenvalue weighted by molar-refractivity contribution is 5.89. The summed E-state index contributed by atoms with van der Waals surface area (Å²) in [5.74, 6) is -2.19. The van der Waals surface area contributed by atoms with Gasteiger partial charge in [-0.1, -0.05) is 6.08 Å². The van der Waals surface area contributed by atoms with Crippen LogP contribution in [0.5, 0.6) is 0 Å². The lowest BCUT2D eigenvalue weighted by Crippen LogP contribution is -2.31. The summed E-state index contributed by atoms with van der Waals surface area (Å²) in [4.78, 5) is 11.0. The number of aliphatic hydroxyl groups excluding tert-OH is 2. The number of ether oxygens (including phenoxy) is 3. The molecule has 3 unspecified atom stereocenters. The Labute approximate surface area is 98.1 Å². The van der Waals surface area contributed by atoms with Gasteiger partial charge in [0.15, 0.2) is 18.2 Å². The van der Waals surface area contributed by atoms with E-state index in [2.05, 4.69) is 6.58 Å². The quantitative estimate of drug-likeness (QED) is 0.564. The molecule has 2 N–H and O–H groups in total. The first-order chi connectivity index (χ1) is 8.13. The second-order valence-electron chi connectivity index (χ2n) is 3.86. The molecule has 1 fully saturated rings. The summed E-state index contributed by atoms with van der Waals surface area (Å²) in [6.07, 6.45) is 1.19. The molecular weight excluding hydrogens is 228 g/mol. The number of hydrogen-bond donors (Lipinski definition) is 2. The molecule has 0 saturated carbocycles. The van der Waals surface area contributed by atoms with Crippen molar-refractivity contribution < 1.29 is 29.2 Å². The molecule has 0 spiro atoms. The Kier molecular flexibility index (Phi) is 3.35. The smallest absolute Gasteiger partial charge is 0.377 e. The van der Waals surface area contributed by atoms with Crippen LogP contribution in [-0.2, 0) is 19.0 Å². The molecule has 6 nitrogen and oxygen atoms in total. The van der Waals surface area contributed by atoms with Crippen molar-refractivity contribution in [2.45, 2.75) is 31.3 Å². The van der Waals surface area contributed by atoms with E-state index in [1.807, 2.05) is 0 Å². The van der Waals surface area contributed by atoms with Gasteiger partial charge in [-0.05, 0) is 6.42 Å². The third kappa shape index (κ3) is 2.27. The zero-order valence-electron chi connectivity index (χ0n) is 9.17. The minimum Gasteiger partial charge on any atom is -0.505 e. The monoisotopic (exact) mass is 242 g/mol. The first-order valence-corrected chi connectivity index (χ1v) is 5.34. The first kappa shape index (κ1) is 11.9. The molecule has 1 saturated heterocycles. The summed E-state index contributed by atoms with van der Waals surface area (Å²) in [6.45, 7) is 3.79. The highest BCUT2D eigenvalue weighted by Gasteiger charge is 2.44. The van der Waals surface area contributed by atoms with Crippen LogP contribution in [0.3, 0.4) is 0 Å². The minimum absolute atomic E-state index is 0.205. The van der Waals surface area contributed by atoms with E-state index in [-0.39, 0.29) is 6.61 Å². The topological polar surface area (TPSA) is 85.2 Å². The van der Waals surface area contributed by atoms with Crippen LogP contribution in [0.25, 0.3) is 0 Å². The summed E-state index contributed by atoms with van der Waals surface area (Å²) in [5, 5.41) is 18.6. The molecule has 0 radical (unpaired) electrons. The highest BCUT2D eigenvalue weighted by atomic mass is 16.7. The largest absolute Gasteiger partial charge is 0.505 e. The van der Waals surface area contributed by atoms with E-state index in [0.29, 0.717) is 6.42 Å². The Hall–Kier alpha value is -1.53. The van der Waals surface area contributed by atoms with Gasteiger partial charge in [0.1, 0.15) is 6.10 Å². The van der Waals surface area contributed by atoms with Crippen molar-refractivity contribution in [2.24, 2.45) is 0 Å². The van der Waals surface area contributed by atoms with Crippen molar-refractivity contribution in [3.8, 4) is 0 Å². The van der Waals surface area contributed by atoms with E-state index < -0.39 is 36.0 Å². The van der Waals surface area contributed by atoms with Crippen LogP contribution in [-0.4, -0.2) is 41.3 Å². The number of carbonyl (C=O) groups is 1. The van der Waals surface area contributed by atoms with E-state index in [1.165, 1.54) is 0 Å². The van der Waals surface area contributed by atoms with Crippen molar-refractivity contribution in [2.75, 3.05) is 6.61 Å². The summed E-state index contributed by atoms with van der Waals surface area (Å²) in [7, 11) is 0. The maximum atomic E-state index is 11.0. The van der Waals surface area contributed by atoms with Crippen LogP contribution < -0.4 is 0 Å². The van der Waals surface area contributed by atoms with Gasteiger partial charge in [-0.2, -0.15) is 0 Å². The molecule has 17 heavy (non-hydrogen) atoms. The molecule has 2 rings (SSSR count). The van der Waals surface area contributed by atoms with E-state index in [9.17, 15) is 9.90 Å². The van der Waals surface area contributed by atoms with Gasteiger partial charge in [0.2, 0.25) is 5.76 Å². The van der Waals surface area contributed by atoms with Gasteiger partial charge in [-0.3, -0.25) is 0 Å². The maximum absolute atomic E-state index is 11.0. The fourth-order valence-corrected chi connectivity index (χ4v) is 1.76. The molecule has 0 amide bonds. The number of esters is 1. The lowest BCUT2D eigenvalue weighted by Gasteiger charge is -2.16. The van der Waals surface area contributed by atoms with E-state index in [4.69, 9.17) is 19.3 Å². The van der Waals surface area contributed by atoms with Crippen molar-refractivity contribution in [1.29, 1.82) is 0 Å². The molecule has 3 atom stereocenters. The lowest BCUT2D eigenvalue weighted by atomic mass is 10.2. The van der Waals surface area contributed by atoms with Crippen LogP contribution in [0, 0.1) is 0 Å². The van der Waals surface area contributed by atoms with Gasteiger partial charge < -0.3 is 24.4 Å². The molecule has 0 bridgehead atoms. The van der Waals surface area contributed by atoms with Gasteiger partial charge >= 0.3 is 5.97 Å². The molecule has 6 heteroatoms. The van der Waals surface area contributed by atoms with Crippen molar-refractivity contribution >= 4 is 5.97 Å². The van der Waals surface area contributed by atoms with Gasteiger partial charge in [0.25, 0.3) is 0 Å². The van der Waals surface area contributed by atoms with Crippen molar-refractivity contribution in [3.05, 3.63) is 24.2 Å². The van der Waals surface area contributed by atoms with Crippen molar-refractivity contribution in [3.63, 3.8) is 0 Å². The zero-order chi connectivity index (χ0) is 12.4. The third-order valence-corrected chi connectivity index (χ3v) is 2.66. The molecule has 0 aromatic heterocycles. The SMILES string of the molecule is C=CCCC1OCC(C2OC(=O)C(O)=C2O)O1. The fourth-order valence-electron chi connectivity index (χ4n) is 1.76. The molecule has 0 aliphatic carbocycles. The first-order valence-electron chi connectivity index (χ1n) is 5.34. The maximum Gasteiger partial charge on any atom is 0.377 e. The number of carbonyl (C=O) groups excluding carboxylic acids is 1. The number of allylic oxidation sites excluding steroid dienone is 1. The minimum atomic E-state index is -0.976. The molecule has 2 aliphatic heterocycles. The number of cyclic esters (lactones) is 1. The van der Waals surface area contributed by atoms with Crippen LogP contribution in [0.15, 0.2) is 24.2 Å². The number of hydrogen-bond acceptors (Lipinski definition) is 6. The lowest BCUT2D eigenvalue weighted by molar-refractivity contribution is -0.149. The van der Waals surface area contributed by atoms with E-state index in [0.717, 1.165) is 6.42 Å². The molecule has 2 aliphatic rings. The van der Waals surface area contributed by atoms with Gasteiger partial charge in [0.05, 0.1) is 6.61 Å². The zero-order valence-corrected chi connectivity index (χ0v) is 9.17. The predicted octanol–water partition coefficient (Wildman–Crippen LogP) is 0.947. The van der Waals surface area contributed by atoms with E-state index in [1.54, 1.807) is 6.08 Å². The average molecular weight is 242 g/mol. The van der Waals surface area contributed by atoms with Gasteiger partial charge in [-0.25, -0.2) is 4.79 Å². The summed E-state index contributed by atoms with van der Waals surface area (Å²) in [5.41, 5.74) is 0. The van der Waals surface area contributed by atoms with Crippen LogP contribution in [0.1, 0.15) is 12.8 Å². The Morgan fingerprint density at radius 1 is 1.47 bits per heavy atom. The Morgan fingerprint density at radius 3 is 2.82 bits per heavy atom. The normalized spacial score (nSPS) is 32.9. The second kappa shape index (κ2) is 4.77. The third-order valence-electron chi connectivity index (χ3n) is 2.66. The molecule has 0 aromatic carbocycles. The summed E-state index contributed by atoms with van der Waals surface area (Å²) >= 11 is 0. The summed E-state index contributed by atoms with van der Waals surface area (Å²) < 4.78 is 15.6. The van der Waals surface area contributed by atoms with Gasteiger partial charge in [-0.15, -0.1) is 6.58 Å². The highest BCUT2D eigenvalue weighted by Crippen LogP contribution is 2.28. The molecule has 0 aromatic rings. The Morgan fingerprint density at radius 2 is 2.24 bits per heavy atom.